The van der Waals surface area contributed by atoms with E-state index in [0.717, 1.165) is 10.9 Å². The van der Waals surface area contributed by atoms with Crippen LogP contribution in [0.3, 0.4) is 0 Å². The van der Waals surface area contributed by atoms with E-state index < -0.39 is 29.5 Å². The molecule has 4 rings (SSSR count). The Hall–Kier alpha value is -3.06. The van der Waals surface area contributed by atoms with Crippen molar-refractivity contribution in [2.45, 2.75) is 32.6 Å². The lowest BCUT2D eigenvalue weighted by atomic mass is 9.76. The number of aryl methyl sites for hydroxylation is 1. The summed E-state index contributed by atoms with van der Waals surface area (Å²) in [5, 5.41) is 20.1. The van der Waals surface area contributed by atoms with Gasteiger partial charge in [-0.05, 0) is 43.9 Å². The zero-order valence-corrected chi connectivity index (χ0v) is 16.8. The lowest BCUT2D eigenvalue weighted by molar-refractivity contribution is -0.151. The number of benzene rings is 1. The number of Topliss-reactive ketones (excluding diaryl/α,β-unsaturated/α-hetero) is 2. The van der Waals surface area contributed by atoms with E-state index in [1.165, 1.54) is 6.07 Å². The van der Waals surface area contributed by atoms with Crippen LogP contribution in [0.4, 0.5) is 0 Å². The van der Waals surface area contributed by atoms with Crippen molar-refractivity contribution in [1.29, 1.82) is 0 Å². The lowest BCUT2D eigenvalue weighted by Gasteiger charge is -2.27. The third-order valence-electron chi connectivity index (χ3n) is 6.07. The number of esters is 1. The highest BCUT2D eigenvalue weighted by atomic mass is 16.5. The number of rotatable bonds is 4. The minimum absolute atomic E-state index is 0.0577. The van der Waals surface area contributed by atoms with Gasteiger partial charge in [0.05, 0.1) is 18.0 Å². The molecule has 7 heteroatoms. The van der Waals surface area contributed by atoms with E-state index in [0.29, 0.717) is 29.5 Å². The van der Waals surface area contributed by atoms with Crippen molar-refractivity contribution in [3.05, 3.63) is 46.7 Å². The second-order valence-electron chi connectivity index (χ2n) is 7.97. The summed E-state index contributed by atoms with van der Waals surface area (Å²) >= 11 is 0. The van der Waals surface area contributed by atoms with Crippen LogP contribution in [0.15, 0.2) is 35.4 Å². The minimum Gasteiger partial charge on any atom is -0.506 e. The number of hydrogen-bond donors (Lipinski definition) is 2. The van der Waals surface area contributed by atoms with Crippen LogP contribution in [-0.4, -0.2) is 45.9 Å². The van der Waals surface area contributed by atoms with E-state index in [1.54, 1.807) is 13.0 Å². The number of carbonyl (C=O) groups excluding carboxylic acids is 3. The number of aliphatic hydroxyl groups excluding tert-OH is 1. The molecule has 0 saturated carbocycles. The number of nitrogens with zero attached hydrogens (tertiary/aromatic N) is 1. The highest BCUT2D eigenvalue weighted by Gasteiger charge is 2.49. The molecular formula is C23H23NO6. The second-order valence-corrected chi connectivity index (χ2v) is 7.97. The van der Waals surface area contributed by atoms with Gasteiger partial charge in [-0.25, -0.2) is 4.98 Å². The van der Waals surface area contributed by atoms with Crippen molar-refractivity contribution in [3.8, 4) is 5.75 Å². The van der Waals surface area contributed by atoms with Crippen LogP contribution in [0.25, 0.3) is 10.9 Å². The van der Waals surface area contributed by atoms with Gasteiger partial charge in [-0.2, -0.15) is 0 Å². The fourth-order valence-electron chi connectivity index (χ4n) is 4.57. The molecular weight excluding hydrogens is 386 g/mol. The van der Waals surface area contributed by atoms with Gasteiger partial charge in [-0.15, -0.1) is 0 Å². The molecule has 1 aromatic carbocycles. The van der Waals surface area contributed by atoms with Gasteiger partial charge in [0, 0.05) is 16.5 Å². The molecule has 0 spiro atoms. The molecule has 30 heavy (non-hydrogen) atoms. The number of aliphatic hydroxyl groups is 1. The molecule has 7 nitrogen and oxygen atoms in total. The van der Waals surface area contributed by atoms with E-state index in [1.807, 2.05) is 19.1 Å². The summed E-state index contributed by atoms with van der Waals surface area (Å²) in [5.74, 6) is -3.64. The van der Waals surface area contributed by atoms with Gasteiger partial charge in [0.2, 0.25) is 0 Å². The monoisotopic (exact) mass is 409 g/mol. The van der Waals surface area contributed by atoms with E-state index >= 15 is 0 Å². The standard InChI is InChI=1S/C23H23NO6/c1-11-3-6-16-13(9-11)10-17(26)20(24-16)19-21(27)15-5-4-14(23(29)30-8-7-25)12(2)18(15)22(19)28/h3,6,9-10,12,14,19,25-26H,4-5,7-8H2,1-2H3. The van der Waals surface area contributed by atoms with Crippen molar-refractivity contribution < 1.29 is 29.3 Å². The van der Waals surface area contributed by atoms with E-state index in [4.69, 9.17) is 9.84 Å². The maximum atomic E-state index is 13.3. The van der Waals surface area contributed by atoms with Crippen molar-refractivity contribution >= 4 is 28.4 Å². The normalized spacial score (nSPS) is 23.8. The Morgan fingerprint density at radius 2 is 2.00 bits per heavy atom. The van der Waals surface area contributed by atoms with Crippen molar-refractivity contribution in [2.24, 2.45) is 11.8 Å². The molecule has 1 aromatic heterocycles. The molecule has 0 amide bonds. The molecule has 0 aliphatic heterocycles. The molecule has 1 heterocycles. The molecule has 0 bridgehead atoms. The number of pyridine rings is 1. The zero-order chi connectivity index (χ0) is 21.6. The third kappa shape index (κ3) is 3.19. The molecule has 2 N–H and O–H groups in total. The van der Waals surface area contributed by atoms with Crippen LogP contribution in [0.5, 0.6) is 5.75 Å². The predicted molar refractivity (Wildman–Crippen MR) is 108 cm³/mol. The van der Waals surface area contributed by atoms with Crippen LogP contribution < -0.4 is 0 Å². The number of allylic oxidation sites excluding steroid dienone is 2. The Morgan fingerprint density at radius 1 is 1.23 bits per heavy atom. The van der Waals surface area contributed by atoms with Gasteiger partial charge in [-0.3, -0.25) is 14.4 Å². The number of hydrogen-bond acceptors (Lipinski definition) is 7. The molecule has 0 saturated heterocycles. The molecule has 3 unspecified atom stereocenters. The number of carbonyl (C=O) groups is 3. The van der Waals surface area contributed by atoms with Crippen LogP contribution in [0.1, 0.15) is 36.9 Å². The van der Waals surface area contributed by atoms with Gasteiger partial charge in [0.1, 0.15) is 24.0 Å². The maximum absolute atomic E-state index is 13.3. The van der Waals surface area contributed by atoms with Crippen LogP contribution >= 0.6 is 0 Å². The largest absolute Gasteiger partial charge is 0.506 e. The van der Waals surface area contributed by atoms with Gasteiger partial charge < -0.3 is 14.9 Å². The van der Waals surface area contributed by atoms with Gasteiger partial charge in [0.25, 0.3) is 0 Å². The lowest BCUT2D eigenvalue weighted by Crippen LogP contribution is -2.31. The Bertz CT molecular complexity index is 1100. The quantitative estimate of drug-likeness (QED) is 0.589. The van der Waals surface area contributed by atoms with Crippen LogP contribution in [-0.2, 0) is 19.1 Å². The molecule has 2 aliphatic rings. The number of ketones is 2. The first kappa shape index (κ1) is 20.2. The Balaban J connectivity index is 1.68. The Kier molecular flexibility index (Phi) is 5.15. The number of aromatic nitrogens is 1. The summed E-state index contributed by atoms with van der Waals surface area (Å²) in [6.07, 6.45) is 0.694. The predicted octanol–water partition coefficient (Wildman–Crippen LogP) is 2.36. The number of ether oxygens (including phenoxy) is 1. The summed E-state index contributed by atoms with van der Waals surface area (Å²) in [7, 11) is 0. The van der Waals surface area contributed by atoms with Crippen LogP contribution in [0, 0.1) is 18.8 Å². The summed E-state index contributed by atoms with van der Waals surface area (Å²) in [6, 6.07) is 7.07. The molecule has 2 aromatic rings. The molecule has 2 aliphatic carbocycles. The minimum atomic E-state index is -1.18. The smallest absolute Gasteiger partial charge is 0.309 e. The fourth-order valence-corrected chi connectivity index (χ4v) is 4.57. The molecule has 0 fully saturated rings. The third-order valence-corrected chi connectivity index (χ3v) is 6.07. The van der Waals surface area contributed by atoms with Gasteiger partial charge in [0.15, 0.2) is 11.6 Å². The molecule has 156 valence electrons. The summed E-state index contributed by atoms with van der Waals surface area (Å²) in [4.78, 5) is 43.1. The highest BCUT2D eigenvalue weighted by Crippen LogP contribution is 2.46. The van der Waals surface area contributed by atoms with Gasteiger partial charge >= 0.3 is 5.97 Å². The van der Waals surface area contributed by atoms with Crippen molar-refractivity contribution in [2.75, 3.05) is 13.2 Å². The van der Waals surface area contributed by atoms with E-state index in [2.05, 4.69) is 4.98 Å². The Morgan fingerprint density at radius 3 is 2.73 bits per heavy atom. The average molecular weight is 409 g/mol. The van der Waals surface area contributed by atoms with Crippen LogP contribution in [0.2, 0.25) is 0 Å². The van der Waals surface area contributed by atoms with Crippen molar-refractivity contribution in [1.82, 2.24) is 4.98 Å². The first-order valence-electron chi connectivity index (χ1n) is 10.0. The molecule has 0 radical (unpaired) electrons. The summed E-state index contributed by atoms with van der Waals surface area (Å²) < 4.78 is 5.04. The Labute approximate surface area is 173 Å². The first-order chi connectivity index (χ1) is 14.3. The fraction of sp³-hybridized carbons (Fsp3) is 0.391. The number of fused-ring (bicyclic) bond motifs is 1. The van der Waals surface area contributed by atoms with E-state index in [-0.39, 0.29) is 30.4 Å². The first-order valence-corrected chi connectivity index (χ1v) is 10.0. The highest BCUT2D eigenvalue weighted by molar-refractivity contribution is 6.28. The molecule has 3 atom stereocenters. The number of aromatic hydroxyl groups is 1. The van der Waals surface area contributed by atoms with E-state index in [9.17, 15) is 19.5 Å². The topological polar surface area (TPSA) is 114 Å². The van der Waals surface area contributed by atoms with Gasteiger partial charge in [-0.1, -0.05) is 18.6 Å². The summed E-state index contributed by atoms with van der Waals surface area (Å²) in [6.45, 7) is 3.30. The zero-order valence-electron chi connectivity index (χ0n) is 16.8. The SMILES string of the molecule is Cc1ccc2nc(C3C(=O)C4=C(C3=O)C(C)C(C(=O)OCCO)CC4)c(O)cc2c1. The second kappa shape index (κ2) is 7.65. The maximum Gasteiger partial charge on any atom is 0.309 e. The average Bonchev–Trinajstić information content (AvgIpc) is 2.96. The summed E-state index contributed by atoms with van der Waals surface area (Å²) in [5.41, 5.74) is 2.43. The van der Waals surface area contributed by atoms with Crippen molar-refractivity contribution in [3.63, 3.8) is 0 Å².